The highest BCUT2D eigenvalue weighted by atomic mass is 16.6. The fraction of sp³-hybridized carbons (Fsp3) is 0.600. The summed E-state index contributed by atoms with van der Waals surface area (Å²) in [5.41, 5.74) is 7.16. The van der Waals surface area contributed by atoms with E-state index in [9.17, 15) is 0 Å². The van der Waals surface area contributed by atoms with Gasteiger partial charge in [-0.05, 0) is 44.3 Å². The molecule has 0 fully saturated rings. The minimum atomic E-state index is 0.311. The summed E-state index contributed by atoms with van der Waals surface area (Å²) in [6, 6.07) is 6.53. The van der Waals surface area contributed by atoms with Gasteiger partial charge in [-0.1, -0.05) is 19.4 Å². The summed E-state index contributed by atoms with van der Waals surface area (Å²) >= 11 is 0. The summed E-state index contributed by atoms with van der Waals surface area (Å²) < 4.78 is 11.2. The summed E-state index contributed by atoms with van der Waals surface area (Å²) in [4.78, 5) is 2.23. The van der Waals surface area contributed by atoms with Crippen molar-refractivity contribution >= 4 is 0 Å². The van der Waals surface area contributed by atoms with E-state index in [2.05, 4.69) is 38.1 Å². The molecule has 2 N–H and O–H groups in total. The lowest BCUT2D eigenvalue weighted by Gasteiger charge is -2.32. The topological polar surface area (TPSA) is 47.7 Å². The number of hydrogen-bond donors (Lipinski definition) is 1. The van der Waals surface area contributed by atoms with Crippen LogP contribution in [0, 0.1) is 5.92 Å². The molecule has 2 atom stereocenters. The van der Waals surface area contributed by atoms with Gasteiger partial charge in [-0.2, -0.15) is 0 Å². The molecule has 0 radical (unpaired) electrons. The molecule has 19 heavy (non-hydrogen) atoms. The molecular weight excluding hydrogens is 240 g/mol. The number of nitrogens with zero attached hydrogens (tertiary/aromatic N) is 1. The van der Waals surface area contributed by atoms with Crippen molar-refractivity contribution in [2.24, 2.45) is 11.7 Å². The SMILES string of the molecule is CCC(CN)C(c1ccc2c(c1)OCCO2)N(C)C. The average Bonchev–Trinajstić information content (AvgIpc) is 2.43. The molecule has 1 heterocycles. The monoisotopic (exact) mass is 264 g/mol. The number of ether oxygens (including phenoxy) is 2. The van der Waals surface area contributed by atoms with Crippen LogP contribution in [0.2, 0.25) is 0 Å². The predicted octanol–water partition coefficient (Wildman–Crippen LogP) is 2.05. The second-order valence-corrected chi connectivity index (χ2v) is 5.22. The first-order valence-corrected chi connectivity index (χ1v) is 6.93. The van der Waals surface area contributed by atoms with Crippen molar-refractivity contribution in [3.05, 3.63) is 23.8 Å². The van der Waals surface area contributed by atoms with Crippen molar-refractivity contribution in [2.45, 2.75) is 19.4 Å². The van der Waals surface area contributed by atoms with Crippen LogP contribution >= 0.6 is 0 Å². The fourth-order valence-corrected chi connectivity index (χ4v) is 2.75. The zero-order chi connectivity index (χ0) is 13.8. The number of hydrogen-bond acceptors (Lipinski definition) is 4. The maximum Gasteiger partial charge on any atom is 0.161 e. The van der Waals surface area contributed by atoms with Crippen LogP contribution in [0.15, 0.2) is 18.2 Å². The minimum Gasteiger partial charge on any atom is -0.486 e. The van der Waals surface area contributed by atoms with Gasteiger partial charge in [0, 0.05) is 6.04 Å². The molecule has 0 bridgehead atoms. The van der Waals surface area contributed by atoms with Crippen LogP contribution < -0.4 is 15.2 Å². The van der Waals surface area contributed by atoms with Crippen LogP contribution in [0.1, 0.15) is 24.9 Å². The molecule has 4 nitrogen and oxygen atoms in total. The Kier molecular flexibility index (Phi) is 4.66. The number of nitrogens with two attached hydrogens (primary N) is 1. The van der Waals surface area contributed by atoms with Crippen molar-refractivity contribution in [1.29, 1.82) is 0 Å². The third-order valence-corrected chi connectivity index (χ3v) is 3.74. The lowest BCUT2D eigenvalue weighted by Crippen LogP contribution is -2.31. The lowest BCUT2D eigenvalue weighted by atomic mass is 9.90. The van der Waals surface area contributed by atoms with Crippen LogP contribution in [-0.2, 0) is 0 Å². The molecule has 0 saturated carbocycles. The van der Waals surface area contributed by atoms with E-state index < -0.39 is 0 Å². The third kappa shape index (κ3) is 3.01. The summed E-state index contributed by atoms with van der Waals surface area (Å²) in [6.45, 7) is 4.13. The van der Waals surface area contributed by atoms with Gasteiger partial charge in [0.25, 0.3) is 0 Å². The zero-order valence-electron chi connectivity index (χ0n) is 12.1. The van der Waals surface area contributed by atoms with E-state index in [1.54, 1.807) is 0 Å². The maximum absolute atomic E-state index is 5.91. The van der Waals surface area contributed by atoms with E-state index in [-0.39, 0.29) is 0 Å². The Hall–Kier alpha value is -1.26. The van der Waals surface area contributed by atoms with Gasteiger partial charge in [0.2, 0.25) is 0 Å². The molecule has 0 spiro atoms. The molecule has 1 aromatic rings. The third-order valence-electron chi connectivity index (χ3n) is 3.74. The Balaban J connectivity index is 2.31. The minimum absolute atomic E-state index is 0.311. The molecule has 106 valence electrons. The molecule has 2 rings (SSSR count). The van der Waals surface area contributed by atoms with E-state index >= 15 is 0 Å². The fourth-order valence-electron chi connectivity index (χ4n) is 2.75. The first-order chi connectivity index (χ1) is 9.17. The second-order valence-electron chi connectivity index (χ2n) is 5.22. The van der Waals surface area contributed by atoms with E-state index in [4.69, 9.17) is 15.2 Å². The summed E-state index contributed by atoms with van der Waals surface area (Å²) in [5.74, 6) is 2.13. The largest absolute Gasteiger partial charge is 0.486 e. The molecule has 0 amide bonds. The van der Waals surface area contributed by atoms with E-state index in [0.717, 1.165) is 17.9 Å². The van der Waals surface area contributed by atoms with Crippen LogP contribution in [0.25, 0.3) is 0 Å². The summed E-state index contributed by atoms with van der Waals surface area (Å²) in [6.07, 6.45) is 1.06. The standard InChI is InChI=1S/C15H24N2O2/c1-4-11(10-16)15(17(2)3)12-5-6-13-14(9-12)19-8-7-18-13/h5-6,9,11,15H,4,7-8,10,16H2,1-3H3. The Morgan fingerprint density at radius 3 is 2.47 bits per heavy atom. The molecular formula is C15H24N2O2. The zero-order valence-corrected chi connectivity index (χ0v) is 12.1. The number of rotatable bonds is 5. The summed E-state index contributed by atoms with van der Waals surface area (Å²) in [7, 11) is 4.19. The van der Waals surface area contributed by atoms with Crippen LogP contribution in [0.5, 0.6) is 11.5 Å². The highest BCUT2D eigenvalue weighted by Gasteiger charge is 2.24. The van der Waals surface area contributed by atoms with Crippen LogP contribution in [0.3, 0.4) is 0 Å². The normalized spacial score (nSPS) is 17.3. The van der Waals surface area contributed by atoms with Gasteiger partial charge in [0.1, 0.15) is 13.2 Å². The second kappa shape index (κ2) is 6.26. The van der Waals surface area contributed by atoms with Crippen molar-refractivity contribution in [1.82, 2.24) is 4.90 Å². The average molecular weight is 264 g/mol. The number of fused-ring (bicyclic) bond motifs is 1. The van der Waals surface area contributed by atoms with Crippen molar-refractivity contribution < 1.29 is 9.47 Å². The van der Waals surface area contributed by atoms with Gasteiger partial charge >= 0.3 is 0 Å². The molecule has 0 saturated heterocycles. The Bertz CT molecular complexity index is 417. The van der Waals surface area contributed by atoms with Gasteiger partial charge < -0.3 is 20.1 Å². The highest BCUT2D eigenvalue weighted by molar-refractivity contribution is 5.44. The van der Waals surface area contributed by atoms with E-state index in [1.165, 1.54) is 5.56 Å². The van der Waals surface area contributed by atoms with Gasteiger partial charge in [-0.25, -0.2) is 0 Å². The van der Waals surface area contributed by atoms with Crippen molar-refractivity contribution in [3.8, 4) is 11.5 Å². The summed E-state index contributed by atoms with van der Waals surface area (Å²) in [5, 5.41) is 0. The first kappa shape index (κ1) is 14.2. The van der Waals surface area contributed by atoms with Gasteiger partial charge in [-0.15, -0.1) is 0 Å². The predicted molar refractivity (Wildman–Crippen MR) is 76.7 cm³/mol. The molecule has 4 heteroatoms. The van der Waals surface area contributed by atoms with E-state index in [1.807, 2.05) is 6.07 Å². The molecule has 0 aliphatic carbocycles. The van der Waals surface area contributed by atoms with E-state index in [0.29, 0.717) is 31.7 Å². The van der Waals surface area contributed by atoms with Crippen LogP contribution in [0.4, 0.5) is 0 Å². The van der Waals surface area contributed by atoms with Gasteiger partial charge in [0.15, 0.2) is 11.5 Å². The van der Waals surface area contributed by atoms with Crippen molar-refractivity contribution in [2.75, 3.05) is 33.9 Å². The molecule has 1 aliphatic heterocycles. The van der Waals surface area contributed by atoms with Gasteiger partial charge in [-0.3, -0.25) is 0 Å². The lowest BCUT2D eigenvalue weighted by molar-refractivity contribution is 0.169. The Morgan fingerprint density at radius 1 is 1.21 bits per heavy atom. The Labute approximate surface area is 115 Å². The van der Waals surface area contributed by atoms with Crippen LogP contribution in [-0.4, -0.2) is 38.8 Å². The smallest absolute Gasteiger partial charge is 0.161 e. The molecule has 2 unspecified atom stereocenters. The highest BCUT2D eigenvalue weighted by Crippen LogP contribution is 2.36. The molecule has 0 aromatic heterocycles. The Morgan fingerprint density at radius 2 is 1.89 bits per heavy atom. The number of benzene rings is 1. The maximum atomic E-state index is 5.91. The molecule has 1 aromatic carbocycles. The molecule has 1 aliphatic rings. The quantitative estimate of drug-likeness (QED) is 0.884. The van der Waals surface area contributed by atoms with Gasteiger partial charge in [0.05, 0.1) is 0 Å². The first-order valence-electron chi connectivity index (χ1n) is 6.93. The van der Waals surface area contributed by atoms with Crippen molar-refractivity contribution in [3.63, 3.8) is 0 Å².